The lowest BCUT2D eigenvalue weighted by Gasteiger charge is -2.20. The molecule has 0 bridgehead atoms. The van der Waals surface area contributed by atoms with Crippen LogP contribution in [0, 0.1) is 10.1 Å². The molecule has 16 heavy (non-hydrogen) atoms. The molecule has 1 N–H and O–H groups in total. The molecule has 0 saturated heterocycles. The van der Waals surface area contributed by atoms with Crippen molar-refractivity contribution in [3.63, 3.8) is 0 Å². The van der Waals surface area contributed by atoms with Gasteiger partial charge in [-0.1, -0.05) is 13.8 Å². The highest BCUT2D eigenvalue weighted by molar-refractivity contribution is 5.39. The molecule has 0 aliphatic carbocycles. The standard InChI is InChI=1S/C11H17N3O2/c1-4-13-9(3)8(2)10-5-6-12-7-11(10)14(15)16/h5-9,13H,4H2,1-3H3. The van der Waals surface area contributed by atoms with Gasteiger partial charge in [-0.15, -0.1) is 0 Å². The van der Waals surface area contributed by atoms with Crippen LogP contribution in [0.15, 0.2) is 18.5 Å². The van der Waals surface area contributed by atoms with Crippen molar-refractivity contribution in [2.24, 2.45) is 0 Å². The maximum atomic E-state index is 10.9. The molecule has 1 aromatic heterocycles. The third-order valence-electron chi connectivity index (χ3n) is 2.80. The van der Waals surface area contributed by atoms with Crippen molar-refractivity contribution in [1.29, 1.82) is 0 Å². The second-order valence-electron chi connectivity index (χ2n) is 3.83. The summed E-state index contributed by atoms with van der Waals surface area (Å²) in [6, 6.07) is 1.92. The molecule has 0 fully saturated rings. The predicted molar refractivity (Wildman–Crippen MR) is 62.4 cm³/mol. The summed E-state index contributed by atoms with van der Waals surface area (Å²) in [5.41, 5.74) is 0.827. The lowest BCUT2D eigenvalue weighted by Crippen LogP contribution is -2.30. The van der Waals surface area contributed by atoms with E-state index < -0.39 is 0 Å². The van der Waals surface area contributed by atoms with Crippen molar-refractivity contribution >= 4 is 5.69 Å². The maximum absolute atomic E-state index is 10.9. The smallest absolute Gasteiger partial charge is 0.291 e. The number of pyridine rings is 1. The third kappa shape index (κ3) is 2.76. The Bertz CT molecular complexity index is 368. The molecule has 88 valence electrons. The van der Waals surface area contributed by atoms with E-state index in [9.17, 15) is 10.1 Å². The van der Waals surface area contributed by atoms with Crippen LogP contribution in [0.1, 0.15) is 32.3 Å². The summed E-state index contributed by atoms with van der Waals surface area (Å²) in [5, 5.41) is 14.1. The molecule has 0 spiro atoms. The van der Waals surface area contributed by atoms with E-state index in [1.54, 1.807) is 12.3 Å². The summed E-state index contributed by atoms with van der Waals surface area (Å²) in [6.45, 7) is 6.88. The fourth-order valence-corrected chi connectivity index (χ4v) is 1.70. The zero-order valence-corrected chi connectivity index (χ0v) is 9.80. The van der Waals surface area contributed by atoms with Gasteiger partial charge < -0.3 is 5.32 Å². The minimum atomic E-state index is -0.377. The van der Waals surface area contributed by atoms with Gasteiger partial charge in [-0.2, -0.15) is 0 Å². The predicted octanol–water partition coefficient (Wildman–Crippen LogP) is 2.09. The van der Waals surface area contributed by atoms with Crippen LogP contribution in [0.25, 0.3) is 0 Å². The van der Waals surface area contributed by atoms with Crippen LogP contribution in [-0.2, 0) is 0 Å². The number of likely N-dealkylation sites (N-methyl/N-ethyl adjacent to an activating group) is 1. The van der Waals surface area contributed by atoms with E-state index in [1.165, 1.54) is 6.20 Å². The van der Waals surface area contributed by atoms with Crippen LogP contribution in [0.4, 0.5) is 5.69 Å². The summed E-state index contributed by atoms with van der Waals surface area (Å²) < 4.78 is 0. The first-order valence-electron chi connectivity index (χ1n) is 5.39. The van der Waals surface area contributed by atoms with Gasteiger partial charge in [0.25, 0.3) is 5.69 Å². The van der Waals surface area contributed by atoms with Gasteiger partial charge in [0.1, 0.15) is 6.20 Å². The molecule has 5 nitrogen and oxygen atoms in total. The largest absolute Gasteiger partial charge is 0.314 e. The Labute approximate surface area is 95.0 Å². The first kappa shape index (κ1) is 12.6. The van der Waals surface area contributed by atoms with Crippen LogP contribution in [0.5, 0.6) is 0 Å². The average molecular weight is 223 g/mol. The van der Waals surface area contributed by atoms with Crippen LogP contribution in [-0.4, -0.2) is 22.5 Å². The monoisotopic (exact) mass is 223 g/mol. The number of hydrogen-bond acceptors (Lipinski definition) is 4. The minimum Gasteiger partial charge on any atom is -0.314 e. The van der Waals surface area contributed by atoms with Crippen molar-refractivity contribution < 1.29 is 4.92 Å². The molecular formula is C11H17N3O2. The molecule has 0 saturated carbocycles. The molecule has 0 radical (unpaired) electrons. The molecule has 2 atom stereocenters. The number of rotatable bonds is 5. The fraction of sp³-hybridized carbons (Fsp3) is 0.545. The Morgan fingerprint density at radius 1 is 1.56 bits per heavy atom. The lowest BCUT2D eigenvalue weighted by atomic mass is 9.94. The molecule has 0 aliphatic rings. The second kappa shape index (κ2) is 5.55. The van der Waals surface area contributed by atoms with Gasteiger partial charge >= 0.3 is 0 Å². The highest BCUT2D eigenvalue weighted by atomic mass is 16.6. The summed E-state index contributed by atoms with van der Waals surface area (Å²) in [6.07, 6.45) is 2.90. The van der Waals surface area contributed by atoms with E-state index in [2.05, 4.69) is 10.3 Å². The summed E-state index contributed by atoms with van der Waals surface area (Å²) >= 11 is 0. The van der Waals surface area contributed by atoms with Crippen molar-refractivity contribution in [3.05, 3.63) is 34.1 Å². The maximum Gasteiger partial charge on any atom is 0.291 e. The van der Waals surface area contributed by atoms with E-state index in [0.29, 0.717) is 0 Å². The molecule has 0 aliphatic heterocycles. The molecule has 1 rings (SSSR count). The van der Waals surface area contributed by atoms with Gasteiger partial charge in [0.15, 0.2) is 0 Å². The van der Waals surface area contributed by atoms with Crippen molar-refractivity contribution in [3.8, 4) is 0 Å². The Morgan fingerprint density at radius 2 is 2.25 bits per heavy atom. The molecule has 5 heteroatoms. The van der Waals surface area contributed by atoms with Gasteiger partial charge in [-0.25, -0.2) is 0 Å². The van der Waals surface area contributed by atoms with E-state index >= 15 is 0 Å². The van der Waals surface area contributed by atoms with Gasteiger partial charge in [-0.3, -0.25) is 15.1 Å². The number of nitrogens with one attached hydrogen (secondary N) is 1. The molecule has 1 heterocycles. The summed E-state index contributed by atoms with van der Waals surface area (Å²) in [4.78, 5) is 14.3. The van der Waals surface area contributed by atoms with Crippen LogP contribution >= 0.6 is 0 Å². The Hall–Kier alpha value is -1.49. The highest BCUT2D eigenvalue weighted by Gasteiger charge is 2.22. The topological polar surface area (TPSA) is 68.1 Å². The Morgan fingerprint density at radius 3 is 2.81 bits per heavy atom. The second-order valence-corrected chi connectivity index (χ2v) is 3.83. The summed E-state index contributed by atoms with van der Waals surface area (Å²) in [5.74, 6) is 0.0864. The molecule has 1 aromatic rings. The van der Waals surface area contributed by atoms with E-state index in [0.717, 1.165) is 12.1 Å². The number of nitro groups is 1. The molecule has 2 unspecified atom stereocenters. The van der Waals surface area contributed by atoms with Gasteiger partial charge in [-0.05, 0) is 19.5 Å². The number of aromatic nitrogens is 1. The van der Waals surface area contributed by atoms with Gasteiger partial charge in [0.05, 0.1) is 4.92 Å². The lowest BCUT2D eigenvalue weighted by molar-refractivity contribution is -0.386. The van der Waals surface area contributed by atoms with Crippen LogP contribution in [0.2, 0.25) is 0 Å². The minimum absolute atomic E-state index is 0.0864. The Kier molecular flexibility index (Phi) is 4.37. The average Bonchev–Trinajstić information content (AvgIpc) is 2.28. The van der Waals surface area contributed by atoms with Crippen molar-refractivity contribution in [1.82, 2.24) is 10.3 Å². The van der Waals surface area contributed by atoms with E-state index in [4.69, 9.17) is 0 Å². The number of nitrogens with zero attached hydrogens (tertiary/aromatic N) is 2. The number of hydrogen-bond donors (Lipinski definition) is 1. The SMILES string of the molecule is CCNC(C)C(C)c1ccncc1[N+](=O)[O-]. The first-order chi connectivity index (χ1) is 7.57. The molecule has 0 amide bonds. The first-order valence-corrected chi connectivity index (χ1v) is 5.39. The Balaban J connectivity index is 2.98. The summed E-state index contributed by atoms with van der Waals surface area (Å²) in [7, 11) is 0. The van der Waals surface area contributed by atoms with Gasteiger partial charge in [0.2, 0.25) is 0 Å². The highest BCUT2D eigenvalue weighted by Crippen LogP contribution is 2.27. The molecular weight excluding hydrogens is 206 g/mol. The molecule has 0 aromatic carbocycles. The van der Waals surface area contributed by atoms with E-state index in [-0.39, 0.29) is 22.6 Å². The van der Waals surface area contributed by atoms with Crippen LogP contribution in [0.3, 0.4) is 0 Å². The normalized spacial score (nSPS) is 14.4. The van der Waals surface area contributed by atoms with E-state index in [1.807, 2.05) is 20.8 Å². The zero-order chi connectivity index (χ0) is 12.1. The van der Waals surface area contributed by atoms with Crippen molar-refractivity contribution in [2.75, 3.05) is 6.54 Å². The van der Waals surface area contributed by atoms with Crippen LogP contribution < -0.4 is 5.32 Å². The quantitative estimate of drug-likeness (QED) is 0.613. The fourth-order valence-electron chi connectivity index (χ4n) is 1.70. The zero-order valence-electron chi connectivity index (χ0n) is 9.80. The third-order valence-corrected chi connectivity index (χ3v) is 2.80. The van der Waals surface area contributed by atoms with Gasteiger partial charge in [0, 0.05) is 23.7 Å². The van der Waals surface area contributed by atoms with Crippen molar-refractivity contribution in [2.45, 2.75) is 32.7 Å².